The first-order valence-corrected chi connectivity index (χ1v) is 8.97. The van der Waals surface area contributed by atoms with Gasteiger partial charge in [0.1, 0.15) is 0 Å². The molecule has 7 heteroatoms. The van der Waals surface area contributed by atoms with Gasteiger partial charge in [0, 0.05) is 32.1 Å². The average molecular weight is 320 g/mol. The van der Waals surface area contributed by atoms with Crippen molar-refractivity contribution in [1.82, 2.24) is 30.0 Å². The van der Waals surface area contributed by atoms with Crippen LogP contribution < -0.4 is 0 Å². The molecule has 2 saturated heterocycles. The van der Waals surface area contributed by atoms with Crippen molar-refractivity contribution in [2.24, 2.45) is 0 Å². The van der Waals surface area contributed by atoms with Crippen LogP contribution in [0, 0.1) is 0 Å². The Hall–Kier alpha value is -1.50. The van der Waals surface area contributed by atoms with Gasteiger partial charge in [-0.15, -0.1) is 5.10 Å². The maximum atomic E-state index is 11.9. The fraction of sp³-hybridized carbons (Fsp3) is 0.875. The summed E-state index contributed by atoms with van der Waals surface area (Å²) in [6.45, 7) is 7.55. The van der Waals surface area contributed by atoms with Crippen LogP contribution in [0.5, 0.6) is 0 Å². The van der Waals surface area contributed by atoms with E-state index < -0.39 is 0 Å². The molecule has 0 unspecified atom stereocenters. The van der Waals surface area contributed by atoms with Crippen molar-refractivity contribution in [2.45, 2.75) is 77.5 Å². The zero-order valence-corrected chi connectivity index (χ0v) is 14.3. The summed E-state index contributed by atoms with van der Waals surface area (Å²) >= 11 is 0. The lowest BCUT2D eigenvalue weighted by Gasteiger charge is -2.34. The molecule has 23 heavy (non-hydrogen) atoms. The zero-order chi connectivity index (χ0) is 16.2. The van der Waals surface area contributed by atoms with Crippen molar-refractivity contribution >= 4 is 5.91 Å². The van der Waals surface area contributed by atoms with E-state index in [2.05, 4.69) is 32.2 Å². The molecule has 2 fully saturated rings. The molecule has 3 heterocycles. The fourth-order valence-corrected chi connectivity index (χ4v) is 4.07. The average Bonchev–Trinajstić information content (AvgIpc) is 3.25. The highest BCUT2D eigenvalue weighted by Gasteiger charge is 2.39. The van der Waals surface area contributed by atoms with Gasteiger partial charge in [-0.2, -0.15) is 0 Å². The molecule has 0 spiro atoms. The van der Waals surface area contributed by atoms with Crippen molar-refractivity contribution in [3.05, 3.63) is 5.82 Å². The van der Waals surface area contributed by atoms with Crippen LogP contribution in [0.4, 0.5) is 0 Å². The Kier molecular flexibility index (Phi) is 5.25. The Labute approximate surface area is 138 Å². The van der Waals surface area contributed by atoms with Crippen LogP contribution in [-0.2, 0) is 17.9 Å². The number of hydrogen-bond donors (Lipinski definition) is 0. The molecule has 0 N–H and O–H groups in total. The predicted octanol–water partition coefficient (Wildman–Crippen LogP) is 1.45. The van der Waals surface area contributed by atoms with Crippen molar-refractivity contribution in [2.75, 3.05) is 13.1 Å². The minimum atomic E-state index is 0.215. The second-order valence-electron chi connectivity index (χ2n) is 6.77. The summed E-state index contributed by atoms with van der Waals surface area (Å²) in [7, 11) is 0. The summed E-state index contributed by atoms with van der Waals surface area (Å²) in [5, 5.41) is 12.2. The second kappa shape index (κ2) is 7.38. The van der Waals surface area contributed by atoms with Gasteiger partial charge < -0.3 is 4.90 Å². The van der Waals surface area contributed by atoms with Crippen LogP contribution in [0.3, 0.4) is 0 Å². The number of aryl methyl sites for hydroxylation is 1. The lowest BCUT2D eigenvalue weighted by Crippen LogP contribution is -2.47. The van der Waals surface area contributed by atoms with Crippen LogP contribution in [0.15, 0.2) is 0 Å². The summed E-state index contributed by atoms with van der Waals surface area (Å²) < 4.78 is 1.94. The van der Waals surface area contributed by atoms with Gasteiger partial charge in [0.05, 0.1) is 6.54 Å². The largest absolute Gasteiger partial charge is 0.338 e. The highest BCUT2D eigenvalue weighted by atomic mass is 16.2. The number of hydrogen-bond acceptors (Lipinski definition) is 5. The number of rotatable bonds is 6. The number of nitrogens with zero attached hydrogens (tertiary/aromatic N) is 6. The fourth-order valence-electron chi connectivity index (χ4n) is 4.07. The molecule has 2 aliphatic rings. The van der Waals surface area contributed by atoms with Crippen molar-refractivity contribution < 1.29 is 4.79 Å². The van der Waals surface area contributed by atoms with E-state index in [4.69, 9.17) is 0 Å². The normalized spacial score (nSPS) is 25.4. The molecule has 1 aromatic rings. The van der Waals surface area contributed by atoms with Gasteiger partial charge in [0.25, 0.3) is 0 Å². The summed E-state index contributed by atoms with van der Waals surface area (Å²) in [5.74, 6) is 1.17. The SMILES string of the molecule is CCCCn1nnnc1CN1CCC[C@H]1[C@H]1CCCN1C(C)=O. The highest BCUT2D eigenvalue weighted by molar-refractivity contribution is 5.74. The van der Waals surface area contributed by atoms with Crippen molar-refractivity contribution in [3.8, 4) is 0 Å². The van der Waals surface area contributed by atoms with Crippen LogP contribution in [0.2, 0.25) is 0 Å². The van der Waals surface area contributed by atoms with Crippen LogP contribution >= 0.6 is 0 Å². The Balaban J connectivity index is 1.68. The van der Waals surface area contributed by atoms with Gasteiger partial charge in [-0.1, -0.05) is 13.3 Å². The molecule has 3 rings (SSSR count). The number of amides is 1. The number of carbonyl (C=O) groups is 1. The molecule has 2 atom stereocenters. The number of carbonyl (C=O) groups excluding carboxylic acids is 1. The van der Waals surface area contributed by atoms with E-state index in [1.807, 2.05) is 4.68 Å². The molecule has 0 radical (unpaired) electrons. The lowest BCUT2D eigenvalue weighted by atomic mass is 10.0. The maximum absolute atomic E-state index is 11.9. The van der Waals surface area contributed by atoms with E-state index in [1.54, 1.807) is 6.92 Å². The van der Waals surface area contributed by atoms with Crippen LogP contribution in [0.25, 0.3) is 0 Å². The maximum Gasteiger partial charge on any atom is 0.219 e. The number of aromatic nitrogens is 4. The topological polar surface area (TPSA) is 67.2 Å². The third-order valence-corrected chi connectivity index (χ3v) is 5.24. The molecular weight excluding hydrogens is 292 g/mol. The number of unbranched alkanes of at least 4 members (excludes halogenated alkanes) is 1. The standard InChI is InChI=1S/C16H28N6O/c1-3-4-11-22-16(17-18-19-22)12-20-9-5-7-14(20)15-8-6-10-21(15)13(2)23/h14-15H,3-12H2,1-2H3/t14-,15+/m0/s1. The third kappa shape index (κ3) is 3.54. The Morgan fingerprint density at radius 2 is 2.00 bits per heavy atom. The van der Waals surface area contributed by atoms with E-state index in [-0.39, 0.29) is 5.91 Å². The Bertz CT molecular complexity index is 530. The minimum Gasteiger partial charge on any atom is -0.338 e. The van der Waals surface area contributed by atoms with E-state index >= 15 is 0 Å². The first kappa shape index (κ1) is 16.4. The number of likely N-dealkylation sites (tertiary alicyclic amines) is 2. The van der Waals surface area contributed by atoms with Gasteiger partial charge in [-0.3, -0.25) is 9.69 Å². The van der Waals surface area contributed by atoms with E-state index in [1.165, 1.54) is 12.8 Å². The first-order chi connectivity index (χ1) is 11.2. The molecule has 0 bridgehead atoms. The molecule has 1 aromatic heterocycles. The predicted molar refractivity (Wildman–Crippen MR) is 86.6 cm³/mol. The Morgan fingerprint density at radius 3 is 2.78 bits per heavy atom. The summed E-state index contributed by atoms with van der Waals surface area (Å²) in [4.78, 5) is 16.4. The highest BCUT2D eigenvalue weighted by Crippen LogP contribution is 2.30. The molecule has 0 aromatic carbocycles. The van der Waals surface area contributed by atoms with Crippen molar-refractivity contribution in [3.63, 3.8) is 0 Å². The molecular formula is C16H28N6O. The molecule has 128 valence electrons. The molecule has 1 amide bonds. The lowest BCUT2D eigenvalue weighted by molar-refractivity contribution is -0.130. The number of tetrazole rings is 1. The smallest absolute Gasteiger partial charge is 0.219 e. The minimum absolute atomic E-state index is 0.215. The molecule has 0 aliphatic carbocycles. The quantitative estimate of drug-likeness (QED) is 0.793. The van der Waals surface area contributed by atoms with Crippen LogP contribution in [0.1, 0.15) is 58.2 Å². The van der Waals surface area contributed by atoms with Gasteiger partial charge in [0.15, 0.2) is 5.82 Å². The summed E-state index contributed by atoms with van der Waals surface area (Å²) in [6.07, 6.45) is 6.86. The second-order valence-corrected chi connectivity index (χ2v) is 6.77. The van der Waals surface area contributed by atoms with Gasteiger partial charge in [0.2, 0.25) is 5.91 Å². The van der Waals surface area contributed by atoms with Gasteiger partial charge in [-0.25, -0.2) is 4.68 Å². The van der Waals surface area contributed by atoms with E-state index in [0.717, 1.165) is 57.7 Å². The molecule has 7 nitrogen and oxygen atoms in total. The van der Waals surface area contributed by atoms with Crippen molar-refractivity contribution in [1.29, 1.82) is 0 Å². The van der Waals surface area contributed by atoms with E-state index in [0.29, 0.717) is 12.1 Å². The molecule has 0 saturated carbocycles. The van der Waals surface area contributed by atoms with Gasteiger partial charge >= 0.3 is 0 Å². The third-order valence-electron chi connectivity index (χ3n) is 5.24. The zero-order valence-electron chi connectivity index (χ0n) is 14.3. The molecule has 2 aliphatic heterocycles. The monoisotopic (exact) mass is 320 g/mol. The van der Waals surface area contributed by atoms with Gasteiger partial charge in [-0.05, 0) is 49.1 Å². The summed E-state index contributed by atoms with van der Waals surface area (Å²) in [6, 6.07) is 0.827. The first-order valence-electron chi connectivity index (χ1n) is 8.97. The Morgan fingerprint density at radius 1 is 1.22 bits per heavy atom. The van der Waals surface area contributed by atoms with Crippen LogP contribution in [-0.4, -0.2) is 61.1 Å². The summed E-state index contributed by atoms with van der Waals surface area (Å²) in [5.41, 5.74) is 0. The van der Waals surface area contributed by atoms with E-state index in [9.17, 15) is 4.79 Å².